The summed E-state index contributed by atoms with van der Waals surface area (Å²) >= 11 is 12.1. The third-order valence-electron chi connectivity index (χ3n) is 7.22. The van der Waals surface area contributed by atoms with Gasteiger partial charge in [0.25, 0.3) is 11.7 Å². The van der Waals surface area contributed by atoms with Gasteiger partial charge in [0.1, 0.15) is 6.10 Å². The minimum Gasteiger partial charge on any atom is -0.385 e. The Morgan fingerprint density at radius 1 is 1.13 bits per heavy atom. The van der Waals surface area contributed by atoms with Crippen LogP contribution in [-0.2, 0) is 32.6 Å². The summed E-state index contributed by atoms with van der Waals surface area (Å²) in [6.45, 7) is 0.921. The minimum atomic E-state index is -3.14. The molecule has 3 aromatic rings. The molecule has 1 aromatic heterocycles. The number of aliphatic hydroxyl groups excluding tert-OH is 1. The quantitative estimate of drug-likeness (QED) is 0.352. The minimum absolute atomic E-state index is 0.0428. The Hall–Kier alpha value is -2.69. The van der Waals surface area contributed by atoms with Crippen LogP contribution in [-0.4, -0.2) is 54.8 Å². The fourth-order valence-electron chi connectivity index (χ4n) is 4.82. The molecule has 2 aliphatic rings. The average molecular weight is 591 g/mol. The summed E-state index contributed by atoms with van der Waals surface area (Å²) in [7, 11) is -1.28. The van der Waals surface area contributed by atoms with E-state index >= 15 is 4.39 Å². The highest BCUT2D eigenvalue weighted by molar-refractivity contribution is 7.86. The average Bonchev–Trinajstić information content (AvgIpc) is 3.67. The molecule has 1 fully saturated rings. The van der Waals surface area contributed by atoms with Crippen LogP contribution >= 0.6 is 23.2 Å². The number of ketones is 1. The highest BCUT2D eigenvalue weighted by Crippen LogP contribution is 2.49. The number of hydrogen-bond donors (Lipinski definition) is 1. The Morgan fingerprint density at radius 2 is 1.77 bits per heavy atom. The number of fused-ring (bicyclic) bond motifs is 1. The number of amides is 1. The molecule has 0 saturated heterocycles. The summed E-state index contributed by atoms with van der Waals surface area (Å²) in [4.78, 5) is 37.0. The van der Waals surface area contributed by atoms with E-state index in [1.807, 2.05) is 0 Å². The summed E-state index contributed by atoms with van der Waals surface area (Å²) < 4.78 is 28.9. The lowest BCUT2D eigenvalue weighted by Crippen LogP contribution is -2.51. The number of aromatic nitrogens is 1. The molecule has 0 bridgehead atoms. The van der Waals surface area contributed by atoms with Gasteiger partial charge < -0.3 is 5.11 Å². The first-order chi connectivity index (χ1) is 18.5. The Morgan fingerprint density at radius 3 is 2.33 bits per heavy atom. The van der Waals surface area contributed by atoms with E-state index in [0.717, 1.165) is 6.92 Å². The smallest absolute Gasteiger partial charge is 0.295 e. The van der Waals surface area contributed by atoms with E-state index in [0.29, 0.717) is 50.3 Å². The van der Waals surface area contributed by atoms with Gasteiger partial charge in [0, 0.05) is 46.0 Å². The Balaban J connectivity index is 1.70. The lowest BCUT2D eigenvalue weighted by molar-refractivity contribution is -0.227. The molecule has 0 spiro atoms. The number of carbonyl (C=O) groups is 2. The molecule has 11 heteroatoms. The van der Waals surface area contributed by atoms with Gasteiger partial charge in [-0.2, -0.15) is 5.06 Å². The third-order valence-corrected chi connectivity index (χ3v) is 9.44. The number of nitrogens with zero attached hydrogens (tertiary/aromatic N) is 2. The van der Waals surface area contributed by atoms with Crippen molar-refractivity contribution in [3.8, 4) is 11.1 Å². The Bertz CT molecular complexity index is 1480. The molecule has 1 N–H and O–H groups in total. The van der Waals surface area contributed by atoms with E-state index in [1.54, 1.807) is 42.5 Å². The molecule has 2 aromatic carbocycles. The maximum absolute atomic E-state index is 17.4. The first-order valence-electron chi connectivity index (χ1n) is 12.2. The van der Waals surface area contributed by atoms with Crippen LogP contribution in [0.15, 0.2) is 54.7 Å². The number of hydroxylamine groups is 2. The van der Waals surface area contributed by atoms with Gasteiger partial charge in [-0.15, -0.1) is 0 Å². The van der Waals surface area contributed by atoms with Crippen molar-refractivity contribution in [3.63, 3.8) is 0 Å². The summed E-state index contributed by atoms with van der Waals surface area (Å²) in [5, 5.41) is 11.6. The number of hydrogen-bond acceptors (Lipinski definition) is 6. The maximum atomic E-state index is 17.4. The van der Waals surface area contributed by atoms with Crippen molar-refractivity contribution >= 4 is 45.7 Å². The lowest BCUT2D eigenvalue weighted by atomic mass is 9.85. The molecule has 2 heterocycles. The Labute approximate surface area is 237 Å². The van der Waals surface area contributed by atoms with Gasteiger partial charge in [0.15, 0.2) is 0 Å². The van der Waals surface area contributed by atoms with Crippen molar-refractivity contribution in [2.75, 3.05) is 12.9 Å². The fraction of sp³-hybridized carbons (Fsp3) is 0.321. The SMILES string of the molecule is CC(O)C(=O)[C@]1(F)c2c(ccc(-c3ccc(Cl)cc3)c2Cc2ccc(Cl)cn2)C(=O)N1OCC1(S(C)=O)CC1. The summed E-state index contributed by atoms with van der Waals surface area (Å²) in [5.74, 6) is -5.27. The van der Waals surface area contributed by atoms with Crippen LogP contribution in [0.25, 0.3) is 11.1 Å². The predicted molar refractivity (Wildman–Crippen MR) is 147 cm³/mol. The number of carbonyl (C=O) groups excluding carboxylic acids is 2. The van der Waals surface area contributed by atoms with E-state index in [4.69, 9.17) is 28.0 Å². The molecule has 1 saturated carbocycles. The zero-order valence-corrected chi connectivity index (χ0v) is 23.4. The van der Waals surface area contributed by atoms with Gasteiger partial charge in [0.05, 0.1) is 21.9 Å². The van der Waals surface area contributed by atoms with Crippen LogP contribution in [0, 0.1) is 0 Å². The summed E-state index contributed by atoms with van der Waals surface area (Å²) in [5.41, 5.74) is 1.76. The number of Topliss-reactive ketones (excluding diaryl/α,β-unsaturated/α-hetero) is 1. The van der Waals surface area contributed by atoms with E-state index in [1.165, 1.54) is 18.5 Å². The van der Waals surface area contributed by atoms with Crippen LogP contribution in [0.5, 0.6) is 0 Å². The highest BCUT2D eigenvalue weighted by atomic mass is 35.5. The van der Waals surface area contributed by atoms with Gasteiger partial charge in [-0.05, 0) is 66.8 Å². The second kappa shape index (κ2) is 10.4. The van der Waals surface area contributed by atoms with Crippen molar-refractivity contribution in [1.82, 2.24) is 10.0 Å². The van der Waals surface area contributed by atoms with Gasteiger partial charge in [-0.25, -0.2) is 4.39 Å². The zero-order valence-electron chi connectivity index (χ0n) is 21.1. The lowest BCUT2D eigenvalue weighted by Gasteiger charge is -2.32. The van der Waals surface area contributed by atoms with E-state index < -0.39 is 39.1 Å². The summed E-state index contributed by atoms with van der Waals surface area (Å²) in [6.07, 6.45) is 2.44. The molecule has 39 heavy (non-hydrogen) atoms. The van der Waals surface area contributed by atoms with Crippen LogP contribution in [0.1, 0.15) is 46.9 Å². The number of aliphatic hydroxyl groups is 1. The normalized spacial score (nSPS) is 21.0. The predicted octanol–water partition coefficient (Wildman–Crippen LogP) is 5.02. The number of alkyl halides is 1. The van der Waals surface area contributed by atoms with Crippen molar-refractivity contribution < 1.29 is 28.1 Å². The van der Waals surface area contributed by atoms with Crippen molar-refractivity contribution in [2.24, 2.45) is 0 Å². The molecule has 1 aliphatic heterocycles. The van der Waals surface area contributed by atoms with Crippen molar-refractivity contribution in [2.45, 2.75) is 42.8 Å². The monoisotopic (exact) mass is 590 g/mol. The van der Waals surface area contributed by atoms with Gasteiger partial charge >= 0.3 is 0 Å². The molecule has 0 radical (unpaired) electrons. The number of pyridine rings is 1. The third kappa shape index (κ3) is 4.91. The van der Waals surface area contributed by atoms with Crippen LogP contribution in [0.3, 0.4) is 0 Å². The molecule has 5 rings (SSSR count). The van der Waals surface area contributed by atoms with E-state index in [9.17, 15) is 18.9 Å². The second-order valence-corrected chi connectivity index (χ2v) is 12.5. The van der Waals surface area contributed by atoms with E-state index in [-0.39, 0.29) is 24.2 Å². The van der Waals surface area contributed by atoms with Gasteiger partial charge in [0.2, 0.25) is 5.78 Å². The topological polar surface area (TPSA) is 96.8 Å². The molecule has 7 nitrogen and oxygen atoms in total. The molecule has 1 aliphatic carbocycles. The molecule has 204 valence electrons. The van der Waals surface area contributed by atoms with Crippen molar-refractivity contribution in [1.29, 1.82) is 0 Å². The standard InChI is InChI=1S/C28H25Cl2FN2O5S/c1-16(34)25(35)28(31)24-22(26(36)33(28)38-15-27(11-12-27)39(2)37)10-9-21(17-3-5-18(29)6-4-17)23(24)13-20-8-7-19(30)14-32-20/h3-10,14,16,34H,11-13,15H2,1-2H3/t16?,28-,39?/m0/s1. The van der Waals surface area contributed by atoms with Gasteiger partial charge in [-0.3, -0.25) is 23.6 Å². The maximum Gasteiger partial charge on any atom is 0.295 e. The number of halogens is 3. The van der Waals surface area contributed by atoms with Crippen LogP contribution < -0.4 is 0 Å². The van der Waals surface area contributed by atoms with E-state index in [2.05, 4.69) is 4.98 Å². The first kappa shape index (κ1) is 27.9. The van der Waals surface area contributed by atoms with Crippen molar-refractivity contribution in [3.05, 3.63) is 87.2 Å². The molecular formula is C28H25Cl2FN2O5S. The number of benzene rings is 2. The fourth-order valence-corrected chi connectivity index (χ4v) is 5.95. The van der Waals surface area contributed by atoms with Gasteiger partial charge in [-0.1, -0.05) is 41.4 Å². The molecular weight excluding hydrogens is 566 g/mol. The van der Waals surface area contributed by atoms with Crippen LogP contribution in [0.2, 0.25) is 10.0 Å². The highest BCUT2D eigenvalue weighted by Gasteiger charge is 2.61. The molecule has 1 amide bonds. The number of rotatable bonds is 9. The largest absolute Gasteiger partial charge is 0.385 e. The summed E-state index contributed by atoms with van der Waals surface area (Å²) in [6, 6.07) is 13.3. The molecule has 2 unspecified atom stereocenters. The Kier molecular flexibility index (Phi) is 7.41. The van der Waals surface area contributed by atoms with Crippen LogP contribution in [0.4, 0.5) is 4.39 Å². The first-order valence-corrected chi connectivity index (χ1v) is 14.5. The second-order valence-electron chi connectivity index (χ2n) is 9.84. The molecule has 3 atom stereocenters. The zero-order chi connectivity index (χ0) is 28.1.